The average Bonchev–Trinajstić information content (AvgIpc) is 3.11. The monoisotopic (exact) mass is 334 g/mol. The van der Waals surface area contributed by atoms with Gasteiger partial charge in [0.1, 0.15) is 22.7 Å². The van der Waals surface area contributed by atoms with Crippen LogP contribution in [0.1, 0.15) is 30.1 Å². The van der Waals surface area contributed by atoms with Crippen molar-refractivity contribution in [3.8, 4) is 0 Å². The van der Waals surface area contributed by atoms with E-state index in [1.165, 1.54) is 16.9 Å². The van der Waals surface area contributed by atoms with Gasteiger partial charge in [0, 0.05) is 19.9 Å². The first kappa shape index (κ1) is 16.1. The van der Waals surface area contributed by atoms with E-state index < -0.39 is 12.1 Å². The van der Waals surface area contributed by atoms with Crippen molar-refractivity contribution in [3.05, 3.63) is 41.6 Å². The number of nitrogens with zero attached hydrogens (tertiary/aromatic N) is 3. The zero-order valence-electron chi connectivity index (χ0n) is 13.2. The van der Waals surface area contributed by atoms with E-state index in [4.69, 9.17) is 4.42 Å². The molecule has 0 aliphatic rings. The fourth-order valence-electron chi connectivity index (χ4n) is 2.42. The first-order valence-corrected chi connectivity index (χ1v) is 7.40. The molecule has 1 N–H and O–H groups in total. The minimum absolute atomic E-state index is 0.00160. The Hall–Kier alpha value is -2.77. The predicted octanol–water partition coefficient (Wildman–Crippen LogP) is 3.38. The number of hydrogen-bond acceptors (Lipinski definition) is 4. The number of carbonyl (C=O) groups is 1. The smallest absolute Gasteiger partial charge is 0.282 e. The zero-order valence-corrected chi connectivity index (χ0v) is 13.2. The lowest BCUT2D eigenvalue weighted by Crippen LogP contribution is -2.14. The fraction of sp³-hybridized carbons (Fsp3) is 0.312. The third-order valence-electron chi connectivity index (χ3n) is 3.64. The van der Waals surface area contributed by atoms with Crippen LogP contribution in [0.5, 0.6) is 0 Å². The molecule has 0 fully saturated rings. The van der Waals surface area contributed by atoms with E-state index in [-0.39, 0.29) is 18.0 Å². The maximum atomic E-state index is 13.2. The van der Waals surface area contributed by atoms with Crippen molar-refractivity contribution in [2.24, 2.45) is 7.05 Å². The van der Waals surface area contributed by atoms with Crippen LogP contribution >= 0.6 is 0 Å². The molecule has 1 amide bonds. The Balaban J connectivity index is 1.78. The van der Waals surface area contributed by atoms with E-state index >= 15 is 0 Å². The summed E-state index contributed by atoms with van der Waals surface area (Å²) in [5.41, 5.74) is 0.465. The lowest BCUT2D eigenvalue weighted by atomic mass is 10.2. The normalized spacial score (nSPS) is 11.4. The number of halogens is 2. The molecule has 3 heterocycles. The Labute approximate surface area is 136 Å². The number of carbonyl (C=O) groups excluding carboxylic acids is 1. The summed E-state index contributed by atoms with van der Waals surface area (Å²) in [6.07, 6.45) is -0.867. The number of rotatable bonds is 5. The molecule has 0 saturated heterocycles. The fourth-order valence-corrected chi connectivity index (χ4v) is 2.42. The third kappa shape index (κ3) is 3.27. The first-order chi connectivity index (χ1) is 11.4. The van der Waals surface area contributed by atoms with Crippen molar-refractivity contribution < 1.29 is 18.0 Å². The van der Waals surface area contributed by atoms with Crippen molar-refractivity contribution in [2.45, 2.75) is 26.2 Å². The SMILES string of the molecule is Cc1ccc(CCC(=O)Nc2cc3c(cnn3C)nc2C(F)F)o1. The van der Waals surface area contributed by atoms with Crippen LogP contribution in [0.2, 0.25) is 0 Å². The molecule has 0 aromatic carbocycles. The number of furan rings is 1. The van der Waals surface area contributed by atoms with Crippen LogP contribution in [0.3, 0.4) is 0 Å². The van der Waals surface area contributed by atoms with Gasteiger partial charge in [-0.25, -0.2) is 13.8 Å². The van der Waals surface area contributed by atoms with E-state index in [1.54, 1.807) is 13.1 Å². The van der Waals surface area contributed by atoms with Gasteiger partial charge in [-0.1, -0.05) is 0 Å². The summed E-state index contributed by atoms with van der Waals surface area (Å²) in [6, 6.07) is 5.06. The molecule has 0 unspecified atom stereocenters. The highest BCUT2D eigenvalue weighted by Gasteiger charge is 2.19. The van der Waals surface area contributed by atoms with Gasteiger partial charge < -0.3 is 9.73 Å². The van der Waals surface area contributed by atoms with E-state index in [1.807, 2.05) is 13.0 Å². The van der Waals surface area contributed by atoms with Crippen LogP contribution in [0.4, 0.5) is 14.5 Å². The Kier molecular flexibility index (Phi) is 4.28. The lowest BCUT2D eigenvalue weighted by Gasteiger charge is -2.10. The zero-order chi connectivity index (χ0) is 17.3. The summed E-state index contributed by atoms with van der Waals surface area (Å²) < 4.78 is 33.3. The maximum absolute atomic E-state index is 13.2. The second-order valence-corrected chi connectivity index (χ2v) is 5.45. The summed E-state index contributed by atoms with van der Waals surface area (Å²) in [4.78, 5) is 16.0. The summed E-state index contributed by atoms with van der Waals surface area (Å²) in [5.74, 6) is 1.06. The van der Waals surface area contributed by atoms with Gasteiger partial charge in [0.2, 0.25) is 5.91 Å². The number of amides is 1. The molecule has 0 aliphatic carbocycles. The molecule has 0 aliphatic heterocycles. The molecule has 0 radical (unpaired) electrons. The molecule has 8 heteroatoms. The number of aryl methyl sites for hydroxylation is 3. The largest absolute Gasteiger partial charge is 0.466 e. The highest BCUT2D eigenvalue weighted by Crippen LogP contribution is 2.28. The molecule has 6 nitrogen and oxygen atoms in total. The average molecular weight is 334 g/mol. The van der Waals surface area contributed by atoms with E-state index in [9.17, 15) is 13.6 Å². The van der Waals surface area contributed by atoms with Crippen molar-refractivity contribution in [1.82, 2.24) is 14.8 Å². The molecule has 3 rings (SSSR count). The second kappa shape index (κ2) is 6.38. The molecule has 24 heavy (non-hydrogen) atoms. The van der Waals surface area contributed by atoms with Gasteiger partial charge in [-0.15, -0.1) is 0 Å². The van der Waals surface area contributed by atoms with Crippen LogP contribution in [-0.4, -0.2) is 20.7 Å². The quantitative estimate of drug-likeness (QED) is 0.776. The Bertz CT molecular complexity index is 885. The van der Waals surface area contributed by atoms with Crippen LogP contribution in [0.15, 0.2) is 28.8 Å². The number of anilines is 1. The van der Waals surface area contributed by atoms with Gasteiger partial charge in [0.15, 0.2) is 0 Å². The van der Waals surface area contributed by atoms with Crippen LogP contribution in [0.25, 0.3) is 11.0 Å². The van der Waals surface area contributed by atoms with Crippen LogP contribution in [0, 0.1) is 6.92 Å². The van der Waals surface area contributed by atoms with Gasteiger partial charge in [-0.05, 0) is 25.1 Å². The van der Waals surface area contributed by atoms with E-state index in [0.29, 0.717) is 23.2 Å². The molecule has 3 aromatic rings. The van der Waals surface area contributed by atoms with Gasteiger partial charge in [0.05, 0.1) is 17.4 Å². The van der Waals surface area contributed by atoms with Crippen LogP contribution in [-0.2, 0) is 18.3 Å². The van der Waals surface area contributed by atoms with E-state index in [2.05, 4.69) is 15.4 Å². The van der Waals surface area contributed by atoms with Crippen LogP contribution < -0.4 is 5.32 Å². The number of fused-ring (bicyclic) bond motifs is 1. The van der Waals surface area contributed by atoms with Crippen molar-refractivity contribution in [2.75, 3.05) is 5.32 Å². The molecule has 0 atom stereocenters. The molecule has 0 saturated carbocycles. The molecule has 126 valence electrons. The van der Waals surface area contributed by atoms with Gasteiger partial charge in [0.25, 0.3) is 6.43 Å². The minimum atomic E-state index is -2.79. The highest BCUT2D eigenvalue weighted by molar-refractivity contribution is 5.93. The number of aromatic nitrogens is 3. The Morgan fingerprint density at radius 3 is 2.88 bits per heavy atom. The summed E-state index contributed by atoms with van der Waals surface area (Å²) >= 11 is 0. The molecular weight excluding hydrogens is 318 g/mol. The molecular formula is C16H16F2N4O2. The molecule has 0 spiro atoms. The van der Waals surface area contributed by atoms with Gasteiger partial charge >= 0.3 is 0 Å². The topological polar surface area (TPSA) is 73.0 Å². The Morgan fingerprint density at radius 1 is 1.42 bits per heavy atom. The predicted molar refractivity (Wildman–Crippen MR) is 83.9 cm³/mol. The maximum Gasteiger partial charge on any atom is 0.282 e. The molecule has 0 bridgehead atoms. The van der Waals surface area contributed by atoms with Crippen molar-refractivity contribution >= 4 is 22.6 Å². The van der Waals surface area contributed by atoms with Gasteiger partial charge in [-0.3, -0.25) is 9.48 Å². The summed E-state index contributed by atoms with van der Waals surface area (Å²) in [7, 11) is 1.68. The number of pyridine rings is 1. The number of alkyl halides is 2. The Morgan fingerprint density at radius 2 is 2.21 bits per heavy atom. The summed E-state index contributed by atoms with van der Waals surface area (Å²) in [6.45, 7) is 1.81. The van der Waals surface area contributed by atoms with Crippen molar-refractivity contribution in [3.63, 3.8) is 0 Å². The number of hydrogen-bond donors (Lipinski definition) is 1. The van der Waals surface area contributed by atoms with E-state index in [0.717, 1.165) is 5.76 Å². The first-order valence-electron chi connectivity index (χ1n) is 7.40. The second-order valence-electron chi connectivity index (χ2n) is 5.45. The van der Waals surface area contributed by atoms with Crippen molar-refractivity contribution in [1.29, 1.82) is 0 Å². The number of nitrogens with one attached hydrogen (secondary N) is 1. The minimum Gasteiger partial charge on any atom is -0.466 e. The highest BCUT2D eigenvalue weighted by atomic mass is 19.3. The summed E-state index contributed by atoms with van der Waals surface area (Å²) in [5, 5.41) is 6.49. The van der Waals surface area contributed by atoms with Gasteiger partial charge in [-0.2, -0.15) is 5.10 Å². The third-order valence-corrected chi connectivity index (χ3v) is 3.64. The standard InChI is InChI=1S/C16H16F2N4O2/c1-9-3-4-10(24-9)5-6-14(23)20-11-7-13-12(8-19-22(13)2)21-15(11)16(17)18/h3-4,7-8,16H,5-6H2,1-2H3,(H,20,23). The lowest BCUT2D eigenvalue weighted by molar-refractivity contribution is -0.116. The molecule has 3 aromatic heterocycles.